The second-order valence-electron chi connectivity index (χ2n) is 9.11. The van der Waals surface area contributed by atoms with Crippen molar-refractivity contribution in [3.8, 4) is 5.75 Å². The number of carbonyl (C=O) groups is 2. The zero-order chi connectivity index (χ0) is 28.0. The molecule has 2 aromatic carbocycles. The van der Waals surface area contributed by atoms with E-state index in [9.17, 15) is 18.0 Å². The number of carbonyl (C=O) groups excluding carboxylic acids is 2. The van der Waals surface area contributed by atoms with Gasteiger partial charge in [-0.3, -0.25) is 14.5 Å². The van der Waals surface area contributed by atoms with Crippen LogP contribution < -0.4 is 15.4 Å². The molecule has 2 amide bonds. The molecule has 4 rings (SSSR count). The number of methoxy groups -OCH3 is 1. The number of benzene rings is 2. The maximum atomic E-state index is 13.4. The minimum absolute atomic E-state index is 0.0296. The molecular weight excluding hydrogens is 522 g/mol. The first-order valence-electron chi connectivity index (χ1n) is 12.5. The molecule has 208 valence electrons. The summed E-state index contributed by atoms with van der Waals surface area (Å²) in [6, 6.07) is 13.6. The maximum Gasteiger partial charge on any atom is 0.307 e. The molecule has 1 aromatic heterocycles. The molecule has 2 heterocycles. The molecule has 1 saturated heterocycles. The van der Waals surface area contributed by atoms with Gasteiger partial charge in [0, 0.05) is 57.4 Å². The Hall–Kier alpha value is -3.71. The molecule has 1 aliphatic rings. The summed E-state index contributed by atoms with van der Waals surface area (Å²) in [5.74, 6) is -0.679. The minimum Gasteiger partial charge on any atom is -0.496 e. The third-order valence-electron chi connectivity index (χ3n) is 6.38. The van der Waals surface area contributed by atoms with E-state index in [0.717, 1.165) is 21.4 Å². The van der Waals surface area contributed by atoms with Gasteiger partial charge in [0.25, 0.3) is 11.8 Å². The summed E-state index contributed by atoms with van der Waals surface area (Å²) >= 11 is 0. The van der Waals surface area contributed by atoms with E-state index in [0.29, 0.717) is 48.5 Å². The van der Waals surface area contributed by atoms with Crippen molar-refractivity contribution < 1.29 is 27.5 Å². The second-order valence-corrected chi connectivity index (χ2v) is 11.1. The molecule has 0 spiro atoms. The van der Waals surface area contributed by atoms with E-state index in [4.69, 9.17) is 9.47 Å². The Bertz CT molecular complexity index is 1470. The standard InChI is InChI=1S/C27H33N5O6S/c1-30(2)39(35,36)32-19-20(21-8-4-6-10-24(21)32)18-23(27(34)28-12-13-31-14-16-38-17-15-31)29-26(33)22-9-5-7-11-25(22)37-3/h4-11,18-19H,12-17H2,1-3H3,(H,28,34)(H,29,33). The predicted octanol–water partition coefficient (Wildman–Crippen LogP) is 1.52. The molecule has 0 bridgehead atoms. The highest BCUT2D eigenvalue weighted by Crippen LogP contribution is 2.26. The largest absolute Gasteiger partial charge is 0.496 e. The number of aromatic nitrogens is 1. The summed E-state index contributed by atoms with van der Waals surface area (Å²) in [5.41, 5.74) is 1.12. The highest BCUT2D eigenvalue weighted by molar-refractivity contribution is 7.87. The fourth-order valence-electron chi connectivity index (χ4n) is 4.24. The van der Waals surface area contributed by atoms with Gasteiger partial charge in [-0.2, -0.15) is 12.7 Å². The molecule has 0 unspecified atom stereocenters. The van der Waals surface area contributed by atoms with Gasteiger partial charge in [-0.1, -0.05) is 30.3 Å². The molecule has 0 saturated carbocycles. The number of rotatable bonds is 10. The fraction of sp³-hybridized carbons (Fsp3) is 0.333. The number of ether oxygens (including phenoxy) is 2. The number of morpholine rings is 1. The van der Waals surface area contributed by atoms with Crippen LogP contribution in [0.15, 0.2) is 60.4 Å². The summed E-state index contributed by atoms with van der Waals surface area (Å²) in [7, 11) is 0.510. The molecular formula is C27H33N5O6S. The molecule has 0 aliphatic carbocycles. The number of nitrogens with zero attached hydrogens (tertiary/aromatic N) is 3. The van der Waals surface area contributed by atoms with Crippen molar-refractivity contribution in [3.05, 3.63) is 71.6 Å². The second kappa shape index (κ2) is 12.4. The smallest absolute Gasteiger partial charge is 0.307 e. The lowest BCUT2D eigenvalue weighted by atomic mass is 10.1. The summed E-state index contributed by atoms with van der Waals surface area (Å²) in [5, 5.41) is 6.18. The van der Waals surface area contributed by atoms with Crippen LogP contribution in [0.5, 0.6) is 5.75 Å². The maximum absolute atomic E-state index is 13.4. The van der Waals surface area contributed by atoms with E-state index >= 15 is 0 Å². The van der Waals surface area contributed by atoms with E-state index in [2.05, 4.69) is 15.5 Å². The quantitative estimate of drug-likeness (QED) is 0.364. The van der Waals surface area contributed by atoms with Gasteiger partial charge in [-0.25, -0.2) is 3.97 Å². The zero-order valence-electron chi connectivity index (χ0n) is 22.2. The molecule has 0 atom stereocenters. The first kappa shape index (κ1) is 28.3. The molecule has 1 fully saturated rings. The van der Waals surface area contributed by atoms with Gasteiger partial charge in [-0.15, -0.1) is 0 Å². The fourth-order valence-corrected chi connectivity index (χ4v) is 5.25. The monoisotopic (exact) mass is 555 g/mol. The van der Waals surface area contributed by atoms with Crippen LogP contribution in [0.4, 0.5) is 0 Å². The summed E-state index contributed by atoms with van der Waals surface area (Å²) in [6.45, 7) is 3.84. The van der Waals surface area contributed by atoms with Crippen LogP contribution in [-0.2, 0) is 19.7 Å². The van der Waals surface area contributed by atoms with E-state index in [1.165, 1.54) is 33.5 Å². The Morgan fingerprint density at radius 3 is 2.49 bits per heavy atom. The van der Waals surface area contributed by atoms with Crippen LogP contribution >= 0.6 is 0 Å². The van der Waals surface area contributed by atoms with Crippen molar-refractivity contribution in [2.45, 2.75) is 0 Å². The van der Waals surface area contributed by atoms with Gasteiger partial charge >= 0.3 is 10.2 Å². The number of amides is 2. The Balaban J connectivity index is 1.69. The number of para-hydroxylation sites is 2. The van der Waals surface area contributed by atoms with Gasteiger partial charge in [0.15, 0.2) is 0 Å². The predicted molar refractivity (Wildman–Crippen MR) is 149 cm³/mol. The van der Waals surface area contributed by atoms with E-state index in [1.54, 1.807) is 48.5 Å². The molecule has 11 nitrogen and oxygen atoms in total. The van der Waals surface area contributed by atoms with Crippen molar-refractivity contribution in [3.63, 3.8) is 0 Å². The highest BCUT2D eigenvalue weighted by atomic mass is 32.2. The number of nitrogens with one attached hydrogen (secondary N) is 2. The van der Waals surface area contributed by atoms with Crippen molar-refractivity contribution >= 4 is 39.0 Å². The van der Waals surface area contributed by atoms with E-state index in [1.807, 2.05) is 0 Å². The topological polar surface area (TPSA) is 122 Å². The Kier molecular flexibility index (Phi) is 9.02. The van der Waals surface area contributed by atoms with Gasteiger partial charge < -0.3 is 20.1 Å². The van der Waals surface area contributed by atoms with Crippen LogP contribution in [0.1, 0.15) is 15.9 Å². The zero-order valence-corrected chi connectivity index (χ0v) is 23.0. The third-order valence-corrected chi connectivity index (χ3v) is 8.10. The first-order valence-corrected chi connectivity index (χ1v) is 13.9. The summed E-state index contributed by atoms with van der Waals surface area (Å²) < 4.78 is 38.9. The number of fused-ring (bicyclic) bond motifs is 1. The van der Waals surface area contributed by atoms with Crippen molar-refractivity contribution in [1.82, 2.24) is 23.8 Å². The molecule has 0 radical (unpaired) electrons. The normalized spacial score (nSPS) is 14.9. The Labute approximate surface area is 228 Å². The van der Waals surface area contributed by atoms with Crippen LogP contribution in [0.25, 0.3) is 17.0 Å². The van der Waals surface area contributed by atoms with Crippen molar-refractivity contribution in [1.29, 1.82) is 0 Å². The third kappa shape index (κ3) is 6.48. The highest BCUT2D eigenvalue weighted by Gasteiger charge is 2.23. The molecule has 12 heteroatoms. The van der Waals surface area contributed by atoms with Crippen LogP contribution in [-0.4, -0.2) is 94.0 Å². The van der Waals surface area contributed by atoms with Crippen molar-refractivity contribution in [2.75, 3.05) is 60.6 Å². The van der Waals surface area contributed by atoms with Gasteiger partial charge in [0.05, 0.1) is 31.4 Å². The SMILES string of the molecule is COc1ccccc1C(=O)NC(=Cc1cn(S(=O)(=O)N(C)C)c2ccccc12)C(=O)NCCN1CCOCC1. The molecule has 1 aliphatic heterocycles. The molecule has 2 N–H and O–H groups in total. The number of hydrogen-bond acceptors (Lipinski definition) is 7. The summed E-state index contributed by atoms with van der Waals surface area (Å²) in [6.07, 6.45) is 2.93. The Morgan fingerprint density at radius 2 is 1.77 bits per heavy atom. The van der Waals surface area contributed by atoms with E-state index in [-0.39, 0.29) is 11.3 Å². The van der Waals surface area contributed by atoms with Gasteiger partial charge in [-0.05, 0) is 24.3 Å². The average Bonchev–Trinajstić information content (AvgIpc) is 3.32. The minimum atomic E-state index is -3.84. The Morgan fingerprint density at radius 1 is 1.08 bits per heavy atom. The van der Waals surface area contributed by atoms with Gasteiger partial charge in [0.1, 0.15) is 11.4 Å². The van der Waals surface area contributed by atoms with Gasteiger partial charge in [0.2, 0.25) is 0 Å². The summed E-state index contributed by atoms with van der Waals surface area (Å²) in [4.78, 5) is 28.8. The lowest BCUT2D eigenvalue weighted by Gasteiger charge is -2.26. The lowest BCUT2D eigenvalue weighted by Crippen LogP contribution is -2.42. The van der Waals surface area contributed by atoms with Crippen LogP contribution in [0, 0.1) is 0 Å². The molecule has 39 heavy (non-hydrogen) atoms. The lowest BCUT2D eigenvalue weighted by molar-refractivity contribution is -0.117. The molecule has 3 aromatic rings. The van der Waals surface area contributed by atoms with Crippen LogP contribution in [0.2, 0.25) is 0 Å². The average molecular weight is 556 g/mol. The number of hydrogen-bond donors (Lipinski definition) is 2. The van der Waals surface area contributed by atoms with Crippen LogP contribution in [0.3, 0.4) is 0 Å². The first-order chi connectivity index (χ1) is 18.7. The van der Waals surface area contributed by atoms with E-state index < -0.39 is 22.0 Å². The van der Waals surface area contributed by atoms with Crippen molar-refractivity contribution in [2.24, 2.45) is 0 Å².